The summed E-state index contributed by atoms with van der Waals surface area (Å²) in [6, 6.07) is 5.89. The summed E-state index contributed by atoms with van der Waals surface area (Å²) in [6.45, 7) is 9.54. The van der Waals surface area contributed by atoms with Crippen molar-refractivity contribution in [2.24, 2.45) is 0 Å². The lowest BCUT2D eigenvalue weighted by Gasteiger charge is -2.37. The molecule has 4 rings (SSSR count). The monoisotopic (exact) mass is 434 g/mol. The molecule has 6 nitrogen and oxygen atoms in total. The molecular formula is C22H31FN4O2S. The van der Waals surface area contributed by atoms with Gasteiger partial charge in [-0.15, -0.1) is 0 Å². The molecule has 0 radical (unpaired) electrons. The first-order chi connectivity index (χ1) is 14.0. The molecule has 0 spiro atoms. The van der Waals surface area contributed by atoms with E-state index < -0.39 is 0 Å². The number of pyridine rings is 2. The van der Waals surface area contributed by atoms with Crippen LogP contribution >= 0.6 is 13.5 Å². The summed E-state index contributed by atoms with van der Waals surface area (Å²) in [5.41, 5.74) is 3.76. The Kier molecular flexibility index (Phi) is 7.55. The number of rotatable bonds is 5. The molecule has 1 unspecified atom stereocenters. The Balaban J connectivity index is 0.00000256. The normalized spacial score (nSPS) is 19.8. The van der Waals surface area contributed by atoms with Gasteiger partial charge in [0.25, 0.3) is 5.88 Å². The maximum absolute atomic E-state index is 14.7. The number of hydrogen-bond donors (Lipinski definition) is 1. The van der Waals surface area contributed by atoms with Crippen LogP contribution in [0, 0.1) is 19.7 Å². The highest BCUT2D eigenvalue weighted by Gasteiger charge is 2.28. The number of aryl methyl sites for hydroxylation is 2. The first kappa shape index (κ1) is 22.8. The molecule has 0 aromatic carbocycles. The van der Waals surface area contributed by atoms with E-state index in [1.165, 1.54) is 11.6 Å². The Hall–Kier alpha value is -1.90. The number of piperidine rings is 1. The fourth-order valence-corrected chi connectivity index (χ4v) is 4.24. The molecule has 2 aliphatic rings. The van der Waals surface area contributed by atoms with Gasteiger partial charge in [-0.25, -0.2) is 9.37 Å². The van der Waals surface area contributed by atoms with E-state index in [2.05, 4.69) is 32.3 Å². The van der Waals surface area contributed by atoms with E-state index in [9.17, 15) is 4.39 Å². The molecule has 2 aromatic rings. The van der Waals surface area contributed by atoms with Gasteiger partial charge in [0.2, 0.25) is 0 Å². The molecule has 4 heterocycles. The number of ether oxygens (including phenoxy) is 2. The van der Waals surface area contributed by atoms with Gasteiger partial charge in [0, 0.05) is 36.6 Å². The van der Waals surface area contributed by atoms with Crippen LogP contribution in [0.5, 0.6) is 11.6 Å². The molecule has 0 saturated carbocycles. The fraction of sp³-hybridized carbons (Fsp3) is 0.545. The smallest absolute Gasteiger partial charge is 0.257 e. The lowest BCUT2D eigenvalue weighted by molar-refractivity contribution is 0.135. The molecule has 30 heavy (non-hydrogen) atoms. The standard InChI is InChI=1S/C22H29FN4O2.H2S/c1-14-9-17(10-15(2)25-14)12-24-18-5-4-6-27(13-18)16(3)21-19(23)11-20-22(26-21)29-8-7-28-20;/h9-11,16,18,24H,4-8,12-13H2,1-3H3;1H2/t16?,18-;/m0./s1. The molecule has 8 heteroatoms. The van der Waals surface area contributed by atoms with Crippen LogP contribution in [0.4, 0.5) is 4.39 Å². The summed E-state index contributed by atoms with van der Waals surface area (Å²) >= 11 is 0. The van der Waals surface area contributed by atoms with Crippen LogP contribution in [0.1, 0.15) is 48.5 Å². The van der Waals surface area contributed by atoms with Gasteiger partial charge in [0.05, 0.1) is 11.7 Å². The molecule has 2 atom stereocenters. The Bertz CT molecular complexity index is 862. The number of halogens is 1. The Morgan fingerprint density at radius 2 is 1.90 bits per heavy atom. The number of likely N-dealkylation sites (tertiary alicyclic amines) is 1. The van der Waals surface area contributed by atoms with E-state index in [0.29, 0.717) is 36.6 Å². The summed E-state index contributed by atoms with van der Waals surface area (Å²) in [6.07, 6.45) is 2.19. The molecular weight excluding hydrogens is 403 g/mol. The Labute approximate surface area is 184 Å². The van der Waals surface area contributed by atoms with Crippen molar-refractivity contribution in [2.75, 3.05) is 26.3 Å². The minimum Gasteiger partial charge on any atom is -0.484 e. The SMILES string of the molecule is Cc1cc(CN[C@H]2CCCN(C(C)c3nc4c(cc3F)OCCO4)C2)cc(C)n1.S. The van der Waals surface area contributed by atoms with E-state index in [4.69, 9.17) is 9.47 Å². The van der Waals surface area contributed by atoms with Crippen molar-refractivity contribution in [3.63, 3.8) is 0 Å². The highest BCUT2D eigenvalue weighted by Crippen LogP contribution is 2.33. The highest BCUT2D eigenvalue weighted by atomic mass is 32.1. The molecule has 164 valence electrons. The lowest BCUT2D eigenvalue weighted by Crippen LogP contribution is -2.46. The van der Waals surface area contributed by atoms with Crippen LogP contribution < -0.4 is 14.8 Å². The highest BCUT2D eigenvalue weighted by molar-refractivity contribution is 7.59. The van der Waals surface area contributed by atoms with Gasteiger partial charge in [-0.2, -0.15) is 13.5 Å². The molecule has 1 N–H and O–H groups in total. The Morgan fingerprint density at radius 1 is 1.17 bits per heavy atom. The van der Waals surface area contributed by atoms with Gasteiger partial charge >= 0.3 is 0 Å². The van der Waals surface area contributed by atoms with E-state index in [1.54, 1.807) is 0 Å². The molecule has 0 amide bonds. The zero-order valence-corrected chi connectivity index (χ0v) is 18.9. The molecule has 1 fully saturated rings. The van der Waals surface area contributed by atoms with E-state index in [1.807, 2.05) is 20.8 Å². The van der Waals surface area contributed by atoms with Crippen molar-refractivity contribution in [2.45, 2.75) is 52.2 Å². The minimum atomic E-state index is -0.334. The average molecular weight is 435 g/mol. The number of fused-ring (bicyclic) bond motifs is 1. The number of hydrogen-bond acceptors (Lipinski definition) is 6. The van der Waals surface area contributed by atoms with Crippen LogP contribution in [0.2, 0.25) is 0 Å². The van der Waals surface area contributed by atoms with Crippen molar-refractivity contribution in [1.82, 2.24) is 20.2 Å². The molecule has 0 aliphatic carbocycles. The quantitative estimate of drug-likeness (QED) is 0.778. The lowest BCUT2D eigenvalue weighted by atomic mass is 10.0. The van der Waals surface area contributed by atoms with Gasteiger partial charge in [-0.3, -0.25) is 9.88 Å². The Morgan fingerprint density at radius 3 is 2.67 bits per heavy atom. The molecule has 1 saturated heterocycles. The van der Waals surface area contributed by atoms with Gasteiger partial charge in [0.1, 0.15) is 19.0 Å². The first-order valence-electron chi connectivity index (χ1n) is 10.4. The van der Waals surface area contributed by atoms with Crippen LogP contribution in [0.3, 0.4) is 0 Å². The summed E-state index contributed by atoms with van der Waals surface area (Å²) in [5.74, 6) is 0.458. The van der Waals surface area contributed by atoms with Crippen molar-refractivity contribution < 1.29 is 13.9 Å². The second-order valence-electron chi connectivity index (χ2n) is 8.00. The van der Waals surface area contributed by atoms with Crippen LogP contribution in [-0.4, -0.2) is 47.2 Å². The van der Waals surface area contributed by atoms with Crippen molar-refractivity contribution in [1.29, 1.82) is 0 Å². The van der Waals surface area contributed by atoms with Gasteiger partial charge in [-0.05, 0) is 57.9 Å². The minimum absolute atomic E-state index is 0. The maximum atomic E-state index is 14.7. The van der Waals surface area contributed by atoms with Gasteiger partial charge in [0.15, 0.2) is 5.75 Å². The van der Waals surface area contributed by atoms with Crippen molar-refractivity contribution in [3.8, 4) is 11.6 Å². The predicted octanol–water partition coefficient (Wildman–Crippen LogP) is 3.43. The van der Waals surface area contributed by atoms with Crippen molar-refractivity contribution in [3.05, 3.63) is 46.7 Å². The predicted molar refractivity (Wildman–Crippen MR) is 119 cm³/mol. The summed E-state index contributed by atoms with van der Waals surface area (Å²) in [7, 11) is 0. The third-order valence-corrected chi connectivity index (χ3v) is 5.65. The second kappa shape index (κ2) is 9.94. The summed E-state index contributed by atoms with van der Waals surface area (Å²) < 4.78 is 25.7. The number of aromatic nitrogens is 2. The maximum Gasteiger partial charge on any atom is 0.257 e. The third-order valence-electron chi connectivity index (χ3n) is 5.65. The first-order valence-corrected chi connectivity index (χ1v) is 10.4. The topological polar surface area (TPSA) is 59.5 Å². The molecule has 2 aliphatic heterocycles. The summed E-state index contributed by atoms with van der Waals surface area (Å²) in [5, 5.41) is 3.66. The largest absolute Gasteiger partial charge is 0.484 e. The van der Waals surface area contributed by atoms with E-state index >= 15 is 0 Å². The average Bonchev–Trinajstić information content (AvgIpc) is 2.71. The van der Waals surface area contributed by atoms with Gasteiger partial charge < -0.3 is 14.8 Å². The van der Waals surface area contributed by atoms with E-state index in [-0.39, 0.29) is 25.4 Å². The molecule has 0 bridgehead atoms. The summed E-state index contributed by atoms with van der Waals surface area (Å²) in [4.78, 5) is 11.2. The van der Waals surface area contributed by atoms with Gasteiger partial charge in [-0.1, -0.05) is 0 Å². The van der Waals surface area contributed by atoms with Crippen LogP contribution in [0.25, 0.3) is 0 Å². The van der Waals surface area contributed by atoms with Crippen molar-refractivity contribution >= 4 is 13.5 Å². The van der Waals surface area contributed by atoms with Crippen LogP contribution in [0.15, 0.2) is 18.2 Å². The number of nitrogens with one attached hydrogen (secondary N) is 1. The third kappa shape index (κ3) is 5.22. The van der Waals surface area contributed by atoms with Crippen LogP contribution in [-0.2, 0) is 6.54 Å². The zero-order valence-electron chi connectivity index (χ0n) is 17.9. The number of nitrogens with zero attached hydrogens (tertiary/aromatic N) is 3. The molecule has 2 aromatic heterocycles. The zero-order chi connectivity index (χ0) is 20.4. The van der Waals surface area contributed by atoms with E-state index in [0.717, 1.165) is 43.9 Å². The fourth-order valence-electron chi connectivity index (χ4n) is 4.24. The second-order valence-corrected chi connectivity index (χ2v) is 8.00.